The molecule has 1 saturated heterocycles. The summed E-state index contributed by atoms with van der Waals surface area (Å²) in [6, 6.07) is 11.0. The van der Waals surface area contributed by atoms with Gasteiger partial charge in [0.15, 0.2) is 0 Å². The highest BCUT2D eigenvalue weighted by atomic mass is 35.5. The van der Waals surface area contributed by atoms with Crippen molar-refractivity contribution in [2.45, 2.75) is 19.3 Å². The molecule has 0 N–H and O–H groups in total. The maximum absolute atomic E-state index is 12.7. The van der Waals surface area contributed by atoms with Gasteiger partial charge >= 0.3 is 6.18 Å². The van der Waals surface area contributed by atoms with E-state index in [9.17, 15) is 18.0 Å². The van der Waals surface area contributed by atoms with Crippen LogP contribution in [0.15, 0.2) is 36.4 Å². The Balaban J connectivity index is 1.52. The van der Waals surface area contributed by atoms with Gasteiger partial charge in [0.2, 0.25) is 0 Å². The van der Waals surface area contributed by atoms with Gasteiger partial charge in [0, 0.05) is 36.8 Å². The number of fused-ring (bicyclic) bond motifs is 1. The molecule has 0 aliphatic carbocycles. The fourth-order valence-corrected chi connectivity index (χ4v) is 4.16. The zero-order valence-electron chi connectivity index (χ0n) is 16.0. The first-order valence-electron chi connectivity index (χ1n) is 9.38. The van der Waals surface area contributed by atoms with E-state index in [4.69, 9.17) is 11.6 Å². The van der Waals surface area contributed by atoms with Crippen molar-refractivity contribution >= 4 is 17.5 Å². The average Bonchev–Trinajstić information content (AvgIpc) is 3.18. The summed E-state index contributed by atoms with van der Waals surface area (Å²) >= 11 is 6.50. The molecule has 1 amide bonds. The van der Waals surface area contributed by atoms with Gasteiger partial charge in [-0.05, 0) is 47.5 Å². The molecule has 8 heteroatoms. The van der Waals surface area contributed by atoms with Crippen molar-refractivity contribution < 1.29 is 18.0 Å². The van der Waals surface area contributed by atoms with E-state index in [1.807, 2.05) is 18.2 Å². The van der Waals surface area contributed by atoms with Crippen molar-refractivity contribution in [1.29, 1.82) is 0 Å². The highest BCUT2D eigenvalue weighted by Crippen LogP contribution is 2.32. The molecule has 29 heavy (non-hydrogen) atoms. The Morgan fingerprint density at radius 2 is 1.79 bits per heavy atom. The third-order valence-electron chi connectivity index (χ3n) is 5.37. The van der Waals surface area contributed by atoms with E-state index in [2.05, 4.69) is 16.8 Å². The maximum Gasteiger partial charge on any atom is 0.406 e. The fourth-order valence-electron chi connectivity index (χ4n) is 3.92. The molecule has 0 spiro atoms. The number of alkyl halides is 3. The predicted octanol–water partition coefficient (Wildman–Crippen LogP) is 4.23. The second-order valence-corrected chi connectivity index (χ2v) is 8.14. The maximum atomic E-state index is 12.7. The average molecular weight is 424 g/mol. The van der Waals surface area contributed by atoms with Crippen LogP contribution in [0.5, 0.6) is 0 Å². The van der Waals surface area contributed by atoms with Crippen LogP contribution in [-0.2, 0) is 13.1 Å². The van der Waals surface area contributed by atoms with Gasteiger partial charge in [-0.1, -0.05) is 29.8 Å². The Hall–Kier alpha value is -2.09. The van der Waals surface area contributed by atoms with E-state index in [0.29, 0.717) is 16.1 Å². The van der Waals surface area contributed by atoms with Crippen molar-refractivity contribution in [3.8, 4) is 11.1 Å². The zero-order chi connectivity index (χ0) is 20.8. The molecule has 2 aromatic rings. The van der Waals surface area contributed by atoms with Gasteiger partial charge < -0.3 is 4.90 Å². The molecule has 1 fully saturated rings. The standard InChI is InChI=1S/C21H21ClF3N3O/c1-26-6-7-27(13-26)10-16-3-2-15(9-19(16)22)14-4-5-18-17(8-14)11-28(20(18)29)12-21(23,24)25/h2-5,8-9H,6-7,10-13H2,1H3. The lowest BCUT2D eigenvalue weighted by atomic mass is 9.99. The van der Waals surface area contributed by atoms with Crippen LogP contribution in [0.4, 0.5) is 13.2 Å². The number of likely N-dealkylation sites (N-methyl/N-ethyl adjacent to an activating group) is 1. The van der Waals surface area contributed by atoms with Crippen molar-refractivity contribution in [1.82, 2.24) is 14.7 Å². The number of carbonyl (C=O) groups excluding carboxylic acids is 1. The molecule has 0 atom stereocenters. The molecule has 0 saturated carbocycles. The molecule has 2 aliphatic rings. The summed E-state index contributed by atoms with van der Waals surface area (Å²) in [7, 11) is 2.08. The number of benzene rings is 2. The minimum Gasteiger partial charge on any atom is -0.325 e. The highest BCUT2D eigenvalue weighted by Gasteiger charge is 2.37. The van der Waals surface area contributed by atoms with Crippen molar-refractivity contribution in [3.63, 3.8) is 0 Å². The van der Waals surface area contributed by atoms with E-state index in [1.165, 1.54) is 0 Å². The second kappa shape index (κ2) is 7.63. The lowest BCUT2D eigenvalue weighted by molar-refractivity contribution is -0.140. The lowest BCUT2D eigenvalue weighted by Gasteiger charge is -2.17. The molecule has 0 bridgehead atoms. The summed E-state index contributed by atoms with van der Waals surface area (Å²) in [5.41, 5.74) is 3.69. The third kappa shape index (κ3) is 4.42. The third-order valence-corrected chi connectivity index (χ3v) is 5.73. The van der Waals surface area contributed by atoms with Crippen LogP contribution in [0.1, 0.15) is 21.5 Å². The molecule has 0 unspecified atom stereocenters. The van der Waals surface area contributed by atoms with Gasteiger partial charge in [-0.2, -0.15) is 13.2 Å². The van der Waals surface area contributed by atoms with E-state index >= 15 is 0 Å². The normalized spacial score (nSPS) is 18.0. The van der Waals surface area contributed by atoms with Crippen LogP contribution in [0.2, 0.25) is 5.02 Å². The lowest BCUT2D eigenvalue weighted by Crippen LogP contribution is -2.34. The topological polar surface area (TPSA) is 26.8 Å². The Morgan fingerprint density at radius 1 is 1.07 bits per heavy atom. The van der Waals surface area contributed by atoms with Gasteiger partial charge in [0.1, 0.15) is 6.54 Å². The monoisotopic (exact) mass is 423 g/mol. The zero-order valence-corrected chi connectivity index (χ0v) is 16.7. The van der Waals surface area contributed by atoms with Gasteiger partial charge in [-0.15, -0.1) is 0 Å². The van der Waals surface area contributed by atoms with Crippen LogP contribution in [0, 0.1) is 0 Å². The number of halogens is 4. The molecular formula is C21H21ClF3N3O. The summed E-state index contributed by atoms with van der Waals surface area (Å²) in [5.74, 6) is -0.576. The second-order valence-electron chi connectivity index (χ2n) is 7.73. The fraction of sp³-hybridized carbons (Fsp3) is 0.381. The van der Waals surface area contributed by atoms with E-state index in [1.54, 1.807) is 18.2 Å². The molecular weight excluding hydrogens is 403 g/mol. The SMILES string of the molecule is CN1CCN(Cc2ccc(-c3ccc4c(c3)CN(CC(F)(F)F)C4=O)cc2Cl)C1. The minimum absolute atomic E-state index is 0.0319. The van der Waals surface area contributed by atoms with Gasteiger partial charge in [-0.25, -0.2) is 0 Å². The van der Waals surface area contributed by atoms with Gasteiger partial charge in [-0.3, -0.25) is 14.6 Å². The number of amides is 1. The Labute approximate surface area is 172 Å². The summed E-state index contributed by atoms with van der Waals surface area (Å²) in [5, 5.41) is 0.660. The highest BCUT2D eigenvalue weighted by molar-refractivity contribution is 6.31. The number of nitrogens with zero attached hydrogens (tertiary/aromatic N) is 3. The summed E-state index contributed by atoms with van der Waals surface area (Å²) in [4.78, 5) is 17.6. The molecule has 0 radical (unpaired) electrons. The summed E-state index contributed by atoms with van der Waals surface area (Å²) in [6.07, 6.45) is -4.41. The smallest absolute Gasteiger partial charge is 0.325 e. The van der Waals surface area contributed by atoms with Crippen LogP contribution in [-0.4, -0.2) is 60.1 Å². The van der Waals surface area contributed by atoms with Gasteiger partial charge in [0.05, 0.1) is 6.67 Å². The minimum atomic E-state index is -4.41. The molecule has 4 nitrogen and oxygen atoms in total. The number of hydrogen-bond acceptors (Lipinski definition) is 3. The largest absolute Gasteiger partial charge is 0.406 e. The summed E-state index contributed by atoms with van der Waals surface area (Å²) < 4.78 is 38.0. The Kier molecular flexibility index (Phi) is 5.31. The first-order chi connectivity index (χ1) is 13.7. The first-order valence-corrected chi connectivity index (χ1v) is 9.76. The van der Waals surface area contributed by atoms with Crippen LogP contribution in [0.25, 0.3) is 11.1 Å². The summed E-state index contributed by atoms with van der Waals surface area (Å²) in [6.45, 7) is 2.45. The molecule has 2 aromatic carbocycles. The van der Waals surface area contributed by atoms with Crippen molar-refractivity contribution in [2.75, 3.05) is 33.4 Å². The Morgan fingerprint density at radius 3 is 2.45 bits per heavy atom. The van der Waals surface area contributed by atoms with E-state index < -0.39 is 18.6 Å². The molecule has 154 valence electrons. The quantitative estimate of drug-likeness (QED) is 0.736. The first kappa shape index (κ1) is 20.2. The van der Waals surface area contributed by atoms with Gasteiger partial charge in [0.25, 0.3) is 5.91 Å². The molecule has 2 heterocycles. The molecule has 4 rings (SSSR count). The van der Waals surface area contributed by atoms with Crippen LogP contribution < -0.4 is 0 Å². The predicted molar refractivity (Wildman–Crippen MR) is 106 cm³/mol. The van der Waals surface area contributed by atoms with Crippen LogP contribution >= 0.6 is 11.6 Å². The number of hydrogen-bond donors (Lipinski definition) is 0. The van der Waals surface area contributed by atoms with Crippen LogP contribution in [0.3, 0.4) is 0 Å². The Bertz CT molecular complexity index is 947. The van der Waals surface area contributed by atoms with Crippen molar-refractivity contribution in [3.05, 3.63) is 58.1 Å². The molecule has 2 aliphatic heterocycles. The van der Waals surface area contributed by atoms with E-state index in [0.717, 1.165) is 47.9 Å². The van der Waals surface area contributed by atoms with E-state index in [-0.39, 0.29) is 6.54 Å². The van der Waals surface area contributed by atoms with Crippen molar-refractivity contribution in [2.24, 2.45) is 0 Å². The number of carbonyl (C=O) groups is 1. The number of rotatable bonds is 4. The molecule has 0 aromatic heterocycles.